The number of ether oxygens (including phenoxy) is 1. The highest BCUT2D eigenvalue weighted by atomic mass is 32.1. The lowest BCUT2D eigenvalue weighted by Gasteiger charge is -2.02. The van der Waals surface area contributed by atoms with Gasteiger partial charge in [0.1, 0.15) is 17.4 Å². The molecule has 0 bridgehead atoms. The zero-order chi connectivity index (χ0) is 13.5. The third-order valence-corrected chi connectivity index (χ3v) is 3.30. The lowest BCUT2D eigenvalue weighted by molar-refractivity contribution is 0.295. The number of halogens is 1. The summed E-state index contributed by atoms with van der Waals surface area (Å²) in [5.41, 5.74) is 0.517. The number of aromatic nitrogens is 2. The Kier molecular flexibility index (Phi) is 5.23. The van der Waals surface area contributed by atoms with E-state index in [2.05, 4.69) is 22.4 Å². The van der Waals surface area contributed by atoms with E-state index in [4.69, 9.17) is 4.74 Å². The summed E-state index contributed by atoms with van der Waals surface area (Å²) >= 11 is 1.38. The van der Waals surface area contributed by atoms with Gasteiger partial charge in [0.05, 0.1) is 0 Å². The molecule has 1 N–H and O–H groups in total. The minimum absolute atomic E-state index is 0.170. The Hall–Kier alpha value is -1.53. The van der Waals surface area contributed by atoms with Crippen molar-refractivity contribution in [1.29, 1.82) is 0 Å². The number of hydrogen-bond acceptors (Lipinski definition) is 5. The molecule has 2 rings (SSSR count). The van der Waals surface area contributed by atoms with Gasteiger partial charge in [-0.1, -0.05) is 41.6 Å². The van der Waals surface area contributed by atoms with E-state index in [1.54, 1.807) is 18.2 Å². The average molecular weight is 281 g/mol. The van der Waals surface area contributed by atoms with Crippen molar-refractivity contribution < 1.29 is 9.13 Å². The molecule has 1 aromatic carbocycles. The molecule has 0 atom stereocenters. The molecule has 1 heterocycles. The second-order valence-corrected chi connectivity index (χ2v) is 5.04. The van der Waals surface area contributed by atoms with Gasteiger partial charge in [-0.05, 0) is 19.0 Å². The molecule has 0 aliphatic carbocycles. The molecule has 0 saturated heterocycles. The van der Waals surface area contributed by atoms with Crippen LogP contribution in [0.2, 0.25) is 0 Å². The third-order valence-electron chi connectivity index (χ3n) is 2.46. The van der Waals surface area contributed by atoms with Gasteiger partial charge < -0.3 is 10.1 Å². The maximum atomic E-state index is 13.4. The van der Waals surface area contributed by atoms with Crippen LogP contribution in [0.15, 0.2) is 24.3 Å². The summed E-state index contributed by atoms with van der Waals surface area (Å²) in [4.78, 5) is 0. The lowest BCUT2D eigenvalue weighted by atomic mass is 10.2. The summed E-state index contributed by atoms with van der Waals surface area (Å²) < 4.78 is 18.8. The van der Waals surface area contributed by atoms with Gasteiger partial charge >= 0.3 is 0 Å². The molecule has 0 radical (unpaired) electrons. The Morgan fingerprint density at radius 2 is 2.16 bits per heavy atom. The third kappa shape index (κ3) is 4.25. The molecule has 4 nitrogen and oxygen atoms in total. The molecule has 2 aromatic rings. The summed E-state index contributed by atoms with van der Waals surface area (Å²) in [5.74, 6) is -0.267. The molecular weight excluding hydrogens is 265 g/mol. The maximum Gasteiger partial charge on any atom is 0.294 e. The van der Waals surface area contributed by atoms with Crippen molar-refractivity contribution >= 4 is 11.3 Å². The van der Waals surface area contributed by atoms with Gasteiger partial charge in [-0.3, -0.25) is 0 Å². The fourth-order valence-electron chi connectivity index (χ4n) is 1.50. The van der Waals surface area contributed by atoms with E-state index < -0.39 is 0 Å². The van der Waals surface area contributed by atoms with Gasteiger partial charge in [0.25, 0.3) is 5.19 Å². The number of rotatable bonds is 7. The SMILES string of the molecule is CCCNCc1nnc(OCc2ccccc2F)s1. The Morgan fingerprint density at radius 3 is 2.95 bits per heavy atom. The molecule has 0 amide bonds. The molecule has 19 heavy (non-hydrogen) atoms. The van der Waals surface area contributed by atoms with E-state index in [-0.39, 0.29) is 12.4 Å². The standard InChI is InChI=1S/C13H16FN3OS/c1-2-7-15-8-12-16-17-13(19-12)18-9-10-5-3-4-6-11(10)14/h3-6,15H,2,7-9H2,1H3. The number of nitrogens with zero attached hydrogens (tertiary/aromatic N) is 2. The molecule has 0 fully saturated rings. The summed E-state index contributed by atoms with van der Waals surface area (Å²) in [5, 5.41) is 12.5. The molecule has 0 unspecified atom stereocenters. The smallest absolute Gasteiger partial charge is 0.294 e. The van der Waals surface area contributed by atoms with Gasteiger partial charge in [-0.15, -0.1) is 5.10 Å². The van der Waals surface area contributed by atoms with Crippen LogP contribution >= 0.6 is 11.3 Å². The van der Waals surface area contributed by atoms with Crippen molar-refractivity contribution in [3.05, 3.63) is 40.7 Å². The normalized spacial score (nSPS) is 10.6. The van der Waals surface area contributed by atoms with Crippen LogP contribution in [-0.4, -0.2) is 16.7 Å². The van der Waals surface area contributed by atoms with Crippen LogP contribution in [0.3, 0.4) is 0 Å². The Bertz CT molecular complexity index is 518. The predicted molar refractivity (Wildman–Crippen MR) is 72.6 cm³/mol. The maximum absolute atomic E-state index is 13.4. The van der Waals surface area contributed by atoms with Crippen molar-refractivity contribution in [3.63, 3.8) is 0 Å². The first kappa shape index (κ1) is 13.9. The first-order valence-electron chi connectivity index (χ1n) is 6.19. The van der Waals surface area contributed by atoms with Crippen LogP contribution in [-0.2, 0) is 13.2 Å². The van der Waals surface area contributed by atoms with Gasteiger partial charge in [0.15, 0.2) is 0 Å². The van der Waals surface area contributed by atoms with Crippen molar-refractivity contribution in [2.75, 3.05) is 6.54 Å². The predicted octanol–water partition coefficient (Wildman–Crippen LogP) is 2.76. The van der Waals surface area contributed by atoms with Crippen molar-refractivity contribution in [2.24, 2.45) is 0 Å². The Balaban J connectivity index is 1.85. The lowest BCUT2D eigenvalue weighted by Crippen LogP contribution is -2.13. The van der Waals surface area contributed by atoms with E-state index in [9.17, 15) is 4.39 Å². The topological polar surface area (TPSA) is 47.0 Å². The largest absolute Gasteiger partial charge is 0.464 e. The van der Waals surface area contributed by atoms with Crippen LogP contribution in [0.4, 0.5) is 4.39 Å². The minimum atomic E-state index is -0.267. The van der Waals surface area contributed by atoms with Crippen LogP contribution in [0.5, 0.6) is 5.19 Å². The number of nitrogens with one attached hydrogen (secondary N) is 1. The fraction of sp³-hybridized carbons (Fsp3) is 0.385. The fourth-order valence-corrected chi connectivity index (χ4v) is 2.15. The molecule has 1 aromatic heterocycles. The highest BCUT2D eigenvalue weighted by Crippen LogP contribution is 2.19. The summed E-state index contributed by atoms with van der Waals surface area (Å²) in [6, 6.07) is 6.54. The molecule has 0 saturated carbocycles. The molecule has 6 heteroatoms. The molecule has 0 aliphatic heterocycles. The summed E-state index contributed by atoms with van der Waals surface area (Å²) in [7, 11) is 0. The molecular formula is C13H16FN3OS. The first-order valence-corrected chi connectivity index (χ1v) is 7.00. The Morgan fingerprint density at radius 1 is 1.32 bits per heavy atom. The van der Waals surface area contributed by atoms with Crippen LogP contribution in [0.25, 0.3) is 0 Å². The van der Waals surface area contributed by atoms with E-state index in [1.807, 2.05) is 0 Å². The second kappa shape index (κ2) is 7.16. The van der Waals surface area contributed by atoms with Crippen molar-refractivity contribution in [3.8, 4) is 5.19 Å². The minimum Gasteiger partial charge on any atom is -0.464 e. The van der Waals surface area contributed by atoms with Gasteiger partial charge in [0, 0.05) is 12.1 Å². The highest BCUT2D eigenvalue weighted by Gasteiger charge is 2.06. The Labute approximate surface area is 115 Å². The summed E-state index contributed by atoms with van der Waals surface area (Å²) in [6.45, 7) is 3.92. The van der Waals surface area contributed by atoms with Gasteiger partial charge in [-0.2, -0.15) is 0 Å². The van der Waals surface area contributed by atoms with E-state index in [0.29, 0.717) is 17.3 Å². The van der Waals surface area contributed by atoms with Crippen molar-refractivity contribution in [1.82, 2.24) is 15.5 Å². The second-order valence-electron chi connectivity index (χ2n) is 4.02. The van der Waals surface area contributed by atoms with E-state index >= 15 is 0 Å². The molecule has 102 valence electrons. The average Bonchev–Trinajstić information content (AvgIpc) is 2.86. The van der Waals surface area contributed by atoms with Crippen LogP contribution in [0, 0.1) is 5.82 Å². The molecule has 0 aliphatic rings. The zero-order valence-corrected chi connectivity index (χ0v) is 11.5. The number of benzene rings is 1. The molecule has 0 spiro atoms. The van der Waals surface area contributed by atoms with Crippen molar-refractivity contribution in [2.45, 2.75) is 26.5 Å². The van der Waals surface area contributed by atoms with E-state index in [0.717, 1.165) is 18.0 Å². The van der Waals surface area contributed by atoms with Crippen LogP contribution in [0.1, 0.15) is 23.9 Å². The zero-order valence-electron chi connectivity index (χ0n) is 10.7. The van der Waals surface area contributed by atoms with E-state index in [1.165, 1.54) is 17.4 Å². The first-order chi connectivity index (χ1) is 9.29. The number of hydrogen-bond donors (Lipinski definition) is 1. The summed E-state index contributed by atoms with van der Waals surface area (Å²) in [6.07, 6.45) is 1.08. The van der Waals surface area contributed by atoms with Gasteiger partial charge in [0.2, 0.25) is 0 Å². The van der Waals surface area contributed by atoms with Gasteiger partial charge in [-0.25, -0.2) is 4.39 Å². The quantitative estimate of drug-likeness (QED) is 0.793. The monoisotopic (exact) mass is 281 g/mol. The van der Waals surface area contributed by atoms with Crippen LogP contribution < -0.4 is 10.1 Å². The highest BCUT2D eigenvalue weighted by molar-refractivity contribution is 7.13.